The largest absolute Gasteiger partial charge is 0.292 e. The lowest BCUT2D eigenvalue weighted by Gasteiger charge is -2.13. The summed E-state index contributed by atoms with van der Waals surface area (Å²) in [5.74, 6) is 0.952. The molecule has 0 aliphatic carbocycles. The van der Waals surface area contributed by atoms with Gasteiger partial charge in [0, 0.05) is 11.3 Å². The number of imidazole rings is 1. The Morgan fingerprint density at radius 1 is 0.436 bits per heavy atom. The van der Waals surface area contributed by atoms with E-state index in [-0.39, 0.29) is 0 Å². The van der Waals surface area contributed by atoms with Crippen LogP contribution in [-0.2, 0) is 0 Å². The van der Waals surface area contributed by atoms with E-state index in [4.69, 9.17) is 4.98 Å². The third-order valence-electron chi connectivity index (χ3n) is 7.77. The minimum atomic E-state index is 0.952. The van der Waals surface area contributed by atoms with Gasteiger partial charge >= 0.3 is 0 Å². The lowest BCUT2D eigenvalue weighted by molar-refractivity contribution is 1.10. The molecule has 0 saturated heterocycles. The number of hydrogen-bond donors (Lipinski definition) is 0. The average Bonchev–Trinajstić information content (AvgIpc) is 3.40. The number of nitrogens with zero attached hydrogens (tertiary/aromatic N) is 2. The van der Waals surface area contributed by atoms with E-state index in [0.29, 0.717) is 0 Å². The lowest BCUT2D eigenvalue weighted by Crippen LogP contribution is -1.97. The second kappa shape index (κ2) is 8.68. The molecular formula is C37H24N2. The molecule has 0 saturated carbocycles. The Morgan fingerprint density at radius 2 is 1.13 bits per heavy atom. The fourth-order valence-corrected chi connectivity index (χ4v) is 5.89. The van der Waals surface area contributed by atoms with Gasteiger partial charge in [0.1, 0.15) is 5.82 Å². The monoisotopic (exact) mass is 496 g/mol. The quantitative estimate of drug-likeness (QED) is 0.176. The molecular weight excluding hydrogens is 472 g/mol. The molecule has 0 spiro atoms. The van der Waals surface area contributed by atoms with Crippen LogP contribution in [-0.4, -0.2) is 9.55 Å². The van der Waals surface area contributed by atoms with Crippen LogP contribution in [0.2, 0.25) is 0 Å². The summed E-state index contributed by atoms with van der Waals surface area (Å²) >= 11 is 0. The normalized spacial score (nSPS) is 11.6. The Bertz CT molecular complexity index is 2150. The lowest BCUT2D eigenvalue weighted by atomic mass is 9.93. The smallest absolute Gasteiger partial charge is 0.145 e. The summed E-state index contributed by atoms with van der Waals surface area (Å²) in [4.78, 5) is 4.99. The van der Waals surface area contributed by atoms with Crippen LogP contribution in [0.15, 0.2) is 146 Å². The minimum Gasteiger partial charge on any atom is -0.292 e. The second-order valence-corrected chi connectivity index (χ2v) is 10.1. The van der Waals surface area contributed by atoms with Crippen molar-refractivity contribution in [3.8, 4) is 28.2 Å². The minimum absolute atomic E-state index is 0.952. The Balaban J connectivity index is 1.28. The third-order valence-corrected chi connectivity index (χ3v) is 7.77. The molecule has 1 heterocycles. The summed E-state index contributed by atoms with van der Waals surface area (Å²) in [6.45, 7) is 0. The summed E-state index contributed by atoms with van der Waals surface area (Å²) in [7, 11) is 0. The van der Waals surface area contributed by atoms with Gasteiger partial charge < -0.3 is 0 Å². The van der Waals surface area contributed by atoms with Crippen LogP contribution in [0.4, 0.5) is 0 Å². The highest BCUT2D eigenvalue weighted by Gasteiger charge is 2.14. The summed E-state index contributed by atoms with van der Waals surface area (Å²) < 4.78 is 2.26. The van der Waals surface area contributed by atoms with E-state index < -0.39 is 0 Å². The maximum absolute atomic E-state index is 4.99. The predicted molar refractivity (Wildman–Crippen MR) is 164 cm³/mol. The summed E-state index contributed by atoms with van der Waals surface area (Å²) in [5.41, 5.74) is 6.75. The molecule has 0 aliphatic heterocycles. The molecule has 8 rings (SSSR count). The van der Waals surface area contributed by atoms with Gasteiger partial charge in [-0.15, -0.1) is 0 Å². The number of para-hydroxylation sites is 2. The van der Waals surface area contributed by atoms with Crippen LogP contribution in [0.5, 0.6) is 0 Å². The zero-order valence-corrected chi connectivity index (χ0v) is 21.3. The van der Waals surface area contributed by atoms with Crippen molar-refractivity contribution in [2.75, 3.05) is 0 Å². The van der Waals surface area contributed by atoms with Gasteiger partial charge in [-0.1, -0.05) is 109 Å². The summed E-state index contributed by atoms with van der Waals surface area (Å²) in [6.07, 6.45) is 0. The topological polar surface area (TPSA) is 17.8 Å². The fourth-order valence-electron chi connectivity index (χ4n) is 5.89. The molecule has 0 amide bonds. The van der Waals surface area contributed by atoms with Crippen molar-refractivity contribution in [1.82, 2.24) is 9.55 Å². The van der Waals surface area contributed by atoms with Gasteiger partial charge in [-0.3, -0.25) is 4.57 Å². The molecule has 1 aromatic heterocycles. The zero-order chi connectivity index (χ0) is 25.8. The van der Waals surface area contributed by atoms with Crippen molar-refractivity contribution in [2.45, 2.75) is 0 Å². The van der Waals surface area contributed by atoms with Crippen LogP contribution in [0.3, 0.4) is 0 Å². The van der Waals surface area contributed by atoms with E-state index in [1.165, 1.54) is 43.4 Å². The van der Waals surface area contributed by atoms with Crippen molar-refractivity contribution in [2.24, 2.45) is 0 Å². The highest BCUT2D eigenvalue weighted by molar-refractivity contribution is 6.14. The average molecular weight is 497 g/mol. The molecule has 182 valence electrons. The number of rotatable bonds is 3. The number of fused-ring (bicyclic) bond motifs is 5. The molecule has 0 radical (unpaired) electrons. The number of hydrogen-bond acceptors (Lipinski definition) is 1. The first-order valence-corrected chi connectivity index (χ1v) is 13.3. The fraction of sp³-hybridized carbons (Fsp3) is 0. The van der Waals surface area contributed by atoms with Gasteiger partial charge in [0.25, 0.3) is 0 Å². The zero-order valence-electron chi connectivity index (χ0n) is 21.3. The van der Waals surface area contributed by atoms with Gasteiger partial charge in [-0.25, -0.2) is 4.98 Å². The van der Waals surface area contributed by atoms with E-state index in [2.05, 4.69) is 138 Å². The molecule has 8 aromatic rings. The molecule has 0 atom stereocenters. The van der Waals surface area contributed by atoms with Crippen LogP contribution in [0.25, 0.3) is 71.6 Å². The van der Waals surface area contributed by atoms with E-state index in [1.807, 2.05) is 12.1 Å². The first-order chi connectivity index (χ1) is 19.3. The molecule has 7 aromatic carbocycles. The Labute approximate surface area is 226 Å². The predicted octanol–water partition coefficient (Wildman–Crippen LogP) is 9.82. The molecule has 39 heavy (non-hydrogen) atoms. The van der Waals surface area contributed by atoms with Crippen molar-refractivity contribution in [3.05, 3.63) is 146 Å². The molecule has 0 bridgehead atoms. The van der Waals surface area contributed by atoms with E-state index >= 15 is 0 Å². The molecule has 0 fully saturated rings. The molecule has 2 nitrogen and oxygen atoms in total. The van der Waals surface area contributed by atoms with Gasteiger partial charge in [-0.2, -0.15) is 0 Å². The van der Waals surface area contributed by atoms with Crippen molar-refractivity contribution in [1.29, 1.82) is 0 Å². The van der Waals surface area contributed by atoms with Gasteiger partial charge in [0.15, 0.2) is 0 Å². The highest BCUT2D eigenvalue weighted by Crippen LogP contribution is 2.36. The van der Waals surface area contributed by atoms with Gasteiger partial charge in [-0.05, 0) is 79.8 Å². The number of aromatic nitrogens is 2. The maximum Gasteiger partial charge on any atom is 0.145 e. The molecule has 0 unspecified atom stereocenters. The van der Waals surface area contributed by atoms with Crippen LogP contribution >= 0.6 is 0 Å². The Kier molecular flexibility index (Phi) is 4.86. The van der Waals surface area contributed by atoms with Crippen molar-refractivity contribution < 1.29 is 0 Å². The van der Waals surface area contributed by atoms with Gasteiger partial charge in [0.2, 0.25) is 0 Å². The van der Waals surface area contributed by atoms with Crippen molar-refractivity contribution in [3.63, 3.8) is 0 Å². The SMILES string of the molecule is c1ccc(-c2nc3ccccc3n2-c2ccc(-c3cccc4cc5c(ccc6ccccc65)cc34)cc2)cc1. The summed E-state index contributed by atoms with van der Waals surface area (Å²) in [6, 6.07) is 52.0. The van der Waals surface area contributed by atoms with E-state index in [1.54, 1.807) is 0 Å². The van der Waals surface area contributed by atoms with Crippen LogP contribution < -0.4 is 0 Å². The highest BCUT2D eigenvalue weighted by atomic mass is 15.1. The Morgan fingerprint density at radius 3 is 2.03 bits per heavy atom. The van der Waals surface area contributed by atoms with Gasteiger partial charge in [0.05, 0.1) is 11.0 Å². The standard InChI is InChI=1S/C37H24N2/c1-2-10-27(11-3-1)37-38-35-15-6-7-16-36(35)39(37)30-21-19-26(20-22-30)32-14-8-12-28-23-34-29(24-33(28)32)18-17-25-9-4-5-13-31(25)34/h1-24H. The first-order valence-electron chi connectivity index (χ1n) is 13.3. The first kappa shape index (κ1) is 21.8. The molecule has 2 heteroatoms. The molecule has 0 aliphatic rings. The Hall–Kier alpha value is -5.21. The third kappa shape index (κ3) is 3.53. The maximum atomic E-state index is 4.99. The van der Waals surface area contributed by atoms with E-state index in [9.17, 15) is 0 Å². The van der Waals surface area contributed by atoms with Crippen LogP contribution in [0, 0.1) is 0 Å². The van der Waals surface area contributed by atoms with E-state index in [0.717, 1.165) is 28.1 Å². The summed E-state index contributed by atoms with van der Waals surface area (Å²) in [5, 5.41) is 7.67. The molecule has 0 N–H and O–H groups in total. The van der Waals surface area contributed by atoms with Crippen molar-refractivity contribution >= 4 is 43.4 Å². The number of benzene rings is 7. The second-order valence-electron chi connectivity index (χ2n) is 10.1. The van der Waals surface area contributed by atoms with Crippen LogP contribution in [0.1, 0.15) is 0 Å².